The summed E-state index contributed by atoms with van der Waals surface area (Å²) < 4.78 is 26.9. The summed E-state index contributed by atoms with van der Waals surface area (Å²) in [6, 6.07) is -0.435. The van der Waals surface area contributed by atoms with Crippen molar-refractivity contribution < 1.29 is 13.6 Å². The van der Waals surface area contributed by atoms with Crippen molar-refractivity contribution in [3.05, 3.63) is 11.9 Å². The molecule has 1 aliphatic heterocycles. The van der Waals surface area contributed by atoms with Gasteiger partial charge in [-0.05, 0) is 51.5 Å². The summed E-state index contributed by atoms with van der Waals surface area (Å²) in [5.41, 5.74) is -0.0716. The fourth-order valence-electron chi connectivity index (χ4n) is 4.27. The Balaban J connectivity index is 1.50. The zero-order chi connectivity index (χ0) is 17.2. The smallest absolute Gasteiger partial charge is 0.237 e. The van der Waals surface area contributed by atoms with Crippen LogP contribution in [0, 0.1) is 0 Å². The van der Waals surface area contributed by atoms with Crippen molar-refractivity contribution in [1.29, 1.82) is 0 Å². The highest BCUT2D eigenvalue weighted by molar-refractivity contribution is 5.82. The summed E-state index contributed by atoms with van der Waals surface area (Å²) in [6.07, 6.45) is 7.34. The molecule has 1 saturated carbocycles. The number of amides is 1. The molecule has 1 heterocycles. The van der Waals surface area contributed by atoms with Crippen molar-refractivity contribution in [3.8, 4) is 0 Å². The Morgan fingerprint density at radius 1 is 1.29 bits per heavy atom. The van der Waals surface area contributed by atoms with Crippen LogP contribution in [0.1, 0.15) is 64.7 Å². The van der Waals surface area contributed by atoms with E-state index in [0.717, 1.165) is 38.2 Å². The van der Waals surface area contributed by atoms with Crippen molar-refractivity contribution in [2.24, 2.45) is 0 Å². The highest BCUT2D eigenvalue weighted by Crippen LogP contribution is 2.29. The molecule has 0 aromatic heterocycles. The number of allylic oxidation sites excluding steroid dienone is 1. The van der Waals surface area contributed by atoms with Gasteiger partial charge in [-0.2, -0.15) is 0 Å². The van der Waals surface area contributed by atoms with Crippen LogP contribution in [0.4, 0.5) is 8.78 Å². The topological polar surface area (TPSA) is 53.2 Å². The minimum atomic E-state index is -1.22. The molecule has 0 radical (unpaired) electrons. The first kappa shape index (κ1) is 17.8. The number of rotatable bonds is 4. The van der Waals surface area contributed by atoms with Gasteiger partial charge in [0, 0.05) is 18.0 Å². The molecule has 0 bridgehead atoms. The van der Waals surface area contributed by atoms with Crippen LogP contribution < -0.4 is 16.0 Å². The van der Waals surface area contributed by atoms with Crippen LogP contribution in [0.25, 0.3) is 0 Å². The third-order valence-electron chi connectivity index (χ3n) is 5.59. The van der Waals surface area contributed by atoms with E-state index in [-0.39, 0.29) is 41.9 Å². The van der Waals surface area contributed by atoms with E-state index in [1.807, 2.05) is 0 Å². The molecule has 1 saturated heterocycles. The van der Waals surface area contributed by atoms with E-state index in [1.165, 1.54) is 12.8 Å². The lowest BCUT2D eigenvalue weighted by Crippen LogP contribution is -2.60. The molecule has 3 aliphatic rings. The second-order valence-corrected chi connectivity index (χ2v) is 7.89. The number of hydrogen-bond donors (Lipinski definition) is 3. The lowest BCUT2D eigenvalue weighted by molar-refractivity contribution is -0.125. The number of carbonyl (C=O) groups is 1. The van der Waals surface area contributed by atoms with Crippen molar-refractivity contribution in [2.45, 2.75) is 94.7 Å². The van der Waals surface area contributed by atoms with Crippen LogP contribution in [-0.2, 0) is 4.79 Å². The summed E-state index contributed by atoms with van der Waals surface area (Å²) in [6.45, 7) is 2.12. The molecule has 136 valence electrons. The maximum atomic E-state index is 13.5. The Morgan fingerprint density at radius 3 is 2.75 bits per heavy atom. The highest BCUT2D eigenvalue weighted by atomic mass is 19.1. The van der Waals surface area contributed by atoms with Gasteiger partial charge in [0.25, 0.3) is 0 Å². The Morgan fingerprint density at radius 2 is 2.04 bits per heavy atom. The molecule has 0 aromatic rings. The first-order chi connectivity index (χ1) is 11.4. The molecular weight excluding hydrogens is 312 g/mol. The number of nitrogens with one attached hydrogen (secondary N) is 3. The van der Waals surface area contributed by atoms with Gasteiger partial charge < -0.3 is 5.32 Å². The Kier molecular flexibility index (Phi) is 5.55. The molecule has 1 amide bonds. The minimum Gasteiger partial charge on any atom is -0.350 e. The lowest BCUT2D eigenvalue weighted by atomic mass is 9.95. The predicted octanol–water partition coefficient (Wildman–Crippen LogP) is 2.85. The van der Waals surface area contributed by atoms with E-state index >= 15 is 0 Å². The van der Waals surface area contributed by atoms with E-state index in [0.29, 0.717) is 6.42 Å². The molecule has 0 aromatic carbocycles. The SMILES string of the molecule is CC1(NC(=O)C2CCCC(NC3CC(F)=CC(F)C3)N2)CCCC1. The third kappa shape index (κ3) is 4.54. The molecule has 4 nitrogen and oxygen atoms in total. The van der Waals surface area contributed by atoms with Crippen molar-refractivity contribution in [2.75, 3.05) is 0 Å². The standard InChI is InChI=1S/C18H29F2N3O/c1-18(7-2-3-8-18)23-17(24)15-5-4-6-16(22-15)21-14-10-12(19)9-13(20)11-14/h9,12,14-16,21-22H,2-8,10-11H2,1H3,(H,23,24). The van der Waals surface area contributed by atoms with Gasteiger partial charge in [0.05, 0.1) is 12.2 Å². The first-order valence-electron chi connectivity index (χ1n) is 9.28. The van der Waals surface area contributed by atoms with E-state index in [9.17, 15) is 13.6 Å². The Labute approximate surface area is 142 Å². The lowest BCUT2D eigenvalue weighted by Gasteiger charge is -2.36. The number of halogens is 2. The number of piperidine rings is 1. The summed E-state index contributed by atoms with van der Waals surface area (Å²) in [5, 5.41) is 9.83. The molecule has 3 N–H and O–H groups in total. The van der Waals surface area contributed by atoms with E-state index in [1.54, 1.807) is 0 Å². The summed E-state index contributed by atoms with van der Waals surface area (Å²) in [7, 11) is 0. The first-order valence-corrected chi connectivity index (χ1v) is 9.28. The summed E-state index contributed by atoms with van der Waals surface area (Å²) in [4.78, 5) is 12.6. The number of hydrogen-bond acceptors (Lipinski definition) is 3. The zero-order valence-corrected chi connectivity index (χ0v) is 14.4. The monoisotopic (exact) mass is 341 g/mol. The summed E-state index contributed by atoms with van der Waals surface area (Å²) >= 11 is 0. The average Bonchev–Trinajstić information content (AvgIpc) is 2.92. The largest absolute Gasteiger partial charge is 0.350 e. The van der Waals surface area contributed by atoms with Crippen molar-refractivity contribution in [1.82, 2.24) is 16.0 Å². The van der Waals surface area contributed by atoms with Crippen molar-refractivity contribution >= 4 is 5.91 Å². The molecule has 2 fully saturated rings. The van der Waals surface area contributed by atoms with E-state index < -0.39 is 6.17 Å². The van der Waals surface area contributed by atoms with E-state index in [2.05, 4.69) is 22.9 Å². The number of carbonyl (C=O) groups excluding carboxylic acids is 1. The van der Waals surface area contributed by atoms with Gasteiger partial charge in [-0.1, -0.05) is 12.8 Å². The normalized spacial score (nSPS) is 36.2. The fraction of sp³-hybridized carbons (Fsp3) is 0.833. The van der Waals surface area contributed by atoms with Crippen LogP contribution in [-0.4, -0.2) is 35.9 Å². The van der Waals surface area contributed by atoms with Gasteiger partial charge in [0.1, 0.15) is 12.0 Å². The van der Waals surface area contributed by atoms with Crippen LogP contribution in [0.3, 0.4) is 0 Å². The quantitative estimate of drug-likeness (QED) is 0.737. The number of alkyl halides is 1. The minimum absolute atomic E-state index is 0.0592. The predicted molar refractivity (Wildman–Crippen MR) is 89.8 cm³/mol. The molecule has 24 heavy (non-hydrogen) atoms. The molecule has 6 heteroatoms. The molecule has 4 atom stereocenters. The highest BCUT2D eigenvalue weighted by Gasteiger charge is 2.35. The van der Waals surface area contributed by atoms with Crippen LogP contribution in [0.2, 0.25) is 0 Å². The molecule has 0 spiro atoms. The van der Waals surface area contributed by atoms with Crippen molar-refractivity contribution in [3.63, 3.8) is 0 Å². The van der Waals surface area contributed by atoms with Gasteiger partial charge in [-0.3, -0.25) is 15.4 Å². The summed E-state index contributed by atoms with van der Waals surface area (Å²) in [5.74, 6) is -0.325. The Bertz CT molecular complexity index is 491. The molecule has 2 aliphatic carbocycles. The van der Waals surface area contributed by atoms with Gasteiger partial charge >= 0.3 is 0 Å². The Hall–Kier alpha value is -1.01. The molecule has 4 unspecified atom stereocenters. The second kappa shape index (κ2) is 7.48. The third-order valence-corrected chi connectivity index (χ3v) is 5.59. The van der Waals surface area contributed by atoms with Crippen LogP contribution in [0.5, 0.6) is 0 Å². The molecular formula is C18H29F2N3O. The van der Waals surface area contributed by atoms with Crippen LogP contribution in [0.15, 0.2) is 11.9 Å². The van der Waals surface area contributed by atoms with Gasteiger partial charge in [0.15, 0.2) is 0 Å². The zero-order valence-electron chi connectivity index (χ0n) is 14.4. The fourth-order valence-corrected chi connectivity index (χ4v) is 4.27. The van der Waals surface area contributed by atoms with Gasteiger partial charge in [-0.15, -0.1) is 0 Å². The van der Waals surface area contributed by atoms with E-state index in [4.69, 9.17) is 0 Å². The maximum absolute atomic E-state index is 13.5. The average molecular weight is 341 g/mol. The van der Waals surface area contributed by atoms with Gasteiger partial charge in [0.2, 0.25) is 5.91 Å². The molecule has 3 rings (SSSR count). The maximum Gasteiger partial charge on any atom is 0.237 e. The van der Waals surface area contributed by atoms with Gasteiger partial charge in [-0.25, -0.2) is 8.78 Å². The van der Waals surface area contributed by atoms with Crippen LogP contribution >= 0.6 is 0 Å². The second-order valence-electron chi connectivity index (χ2n) is 7.89.